The number of hydrogen-bond acceptors (Lipinski definition) is 5. The minimum Gasteiger partial charge on any atom is -0.371 e. The Morgan fingerprint density at radius 2 is 1.88 bits per heavy atom. The molecule has 3 heterocycles. The van der Waals surface area contributed by atoms with Crippen molar-refractivity contribution in [2.24, 2.45) is 5.41 Å². The van der Waals surface area contributed by atoms with Gasteiger partial charge in [0.05, 0.1) is 12.5 Å². The zero-order chi connectivity index (χ0) is 18.1. The Hall–Kier alpha value is -2.21. The maximum Gasteiger partial charge on any atom is 0.234 e. The Bertz CT molecular complexity index is 707. The molecule has 0 bridgehead atoms. The third-order valence-corrected chi connectivity index (χ3v) is 6.11. The fourth-order valence-corrected chi connectivity index (χ4v) is 4.43. The zero-order valence-corrected chi connectivity index (χ0v) is 14.8. The molecule has 26 heavy (non-hydrogen) atoms. The highest BCUT2D eigenvalue weighted by atomic mass is 16.5. The number of ether oxygens (including phenoxy) is 1. The molecule has 1 aromatic rings. The summed E-state index contributed by atoms with van der Waals surface area (Å²) in [6, 6.07) is 8.13. The second-order valence-electron chi connectivity index (χ2n) is 7.77. The molecule has 0 radical (unpaired) electrons. The van der Waals surface area contributed by atoms with E-state index < -0.39 is 0 Å². The monoisotopic (exact) mass is 356 g/mol. The van der Waals surface area contributed by atoms with E-state index in [9.17, 15) is 14.4 Å². The van der Waals surface area contributed by atoms with Gasteiger partial charge < -0.3 is 14.4 Å². The van der Waals surface area contributed by atoms with E-state index in [2.05, 4.69) is 22.3 Å². The molecule has 0 aliphatic carbocycles. The first-order chi connectivity index (χ1) is 12.6. The number of rotatable bonds is 3. The molecule has 6 nitrogen and oxygen atoms in total. The first-order valence-electron chi connectivity index (χ1n) is 9.34. The molecular weight excluding hydrogens is 332 g/mol. The average Bonchev–Trinajstić information content (AvgIpc) is 3.06. The van der Waals surface area contributed by atoms with Gasteiger partial charge in [-0.1, -0.05) is 12.1 Å². The summed E-state index contributed by atoms with van der Waals surface area (Å²) in [6.07, 6.45) is 4.59. The van der Waals surface area contributed by atoms with E-state index in [1.165, 1.54) is 0 Å². The van der Waals surface area contributed by atoms with Gasteiger partial charge in [-0.05, 0) is 43.4 Å². The van der Waals surface area contributed by atoms with Crippen molar-refractivity contribution < 1.29 is 19.1 Å². The third kappa shape index (κ3) is 3.26. The minimum atomic E-state index is -0.234. The van der Waals surface area contributed by atoms with Crippen molar-refractivity contribution in [3.63, 3.8) is 0 Å². The summed E-state index contributed by atoms with van der Waals surface area (Å²) in [6.45, 7) is 2.60. The van der Waals surface area contributed by atoms with Crippen molar-refractivity contribution in [3.05, 3.63) is 29.8 Å². The summed E-state index contributed by atoms with van der Waals surface area (Å²) in [5.41, 5.74) is 2.28. The average molecular weight is 356 g/mol. The van der Waals surface area contributed by atoms with E-state index in [1.807, 2.05) is 12.1 Å². The molecule has 1 aromatic carbocycles. The van der Waals surface area contributed by atoms with Gasteiger partial charge in [0.1, 0.15) is 12.4 Å². The molecule has 3 aliphatic heterocycles. The van der Waals surface area contributed by atoms with Crippen molar-refractivity contribution in [3.8, 4) is 0 Å². The SMILES string of the molecule is O=CC1CC2(CCN(c3ccc(C4CCC(=O)NC4=O)cc3)CC2)CO1. The molecule has 2 amide bonds. The maximum atomic E-state index is 12.0. The van der Waals surface area contributed by atoms with Crippen LogP contribution < -0.4 is 10.2 Å². The van der Waals surface area contributed by atoms with Crippen LogP contribution in [0.4, 0.5) is 5.69 Å². The van der Waals surface area contributed by atoms with E-state index in [4.69, 9.17) is 4.74 Å². The minimum absolute atomic E-state index is 0.161. The van der Waals surface area contributed by atoms with E-state index >= 15 is 0 Å². The Morgan fingerprint density at radius 1 is 1.15 bits per heavy atom. The van der Waals surface area contributed by atoms with Crippen LogP contribution >= 0.6 is 0 Å². The second-order valence-corrected chi connectivity index (χ2v) is 7.77. The van der Waals surface area contributed by atoms with Gasteiger partial charge in [-0.15, -0.1) is 0 Å². The lowest BCUT2D eigenvalue weighted by atomic mass is 9.76. The third-order valence-electron chi connectivity index (χ3n) is 6.11. The summed E-state index contributed by atoms with van der Waals surface area (Å²) in [5.74, 6) is -0.611. The van der Waals surface area contributed by atoms with Crippen LogP contribution in [0.15, 0.2) is 24.3 Å². The Kier molecular flexibility index (Phi) is 4.53. The lowest BCUT2D eigenvalue weighted by Gasteiger charge is -2.39. The van der Waals surface area contributed by atoms with Crippen LogP contribution in [-0.2, 0) is 19.1 Å². The van der Waals surface area contributed by atoms with Crippen molar-refractivity contribution in [1.82, 2.24) is 5.32 Å². The fourth-order valence-electron chi connectivity index (χ4n) is 4.43. The molecule has 3 aliphatic rings. The van der Waals surface area contributed by atoms with Gasteiger partial charge in [-0.3, -0.25) is 14.9 Å². The van der Waals surface area contributed by atoms with Crippen LogP contribution in [0.1, 0.15) is 43.6 Å². The number of carbonyl (C=O) groups is 3. The smallest absolute Gasteiger partial charge is 0.234 e. The molecule has 6 heteroatoms. The zero-order valence-electron chi connectivity index (χ0n) is 14.8. The molecular formula is C20H24N2O4. The molecule has 0 saturated carbocycles. The quantitative estimate of drug-likeness (QED) is 0.660. The Labute approximate surface area is 152 Å². The summed E-state index contributed by atoms with van der Waals surface area (Å²) < 4.78 is 5.59. The number of benzene rings is 1. The summed E-state index contributed by atoms with van der Waals surface area (Å²) in [5, 5.41) is 2.42. The highest BCUT2D eigenvalue weighted by molar-refractivity contribution is 6.00. The predicted molar refractivity (Wildman–Crippen MR) is 95.9 cm³/mol. The predicted octanol–water partition coefficient (Wildman–Crippen LogP) is 1.78. The van der Waals surface area contributed by atoms with Gasteiger partial charge in [-0.25, -0.2) is 0 Å². The van der Waals surface area contributed by atoms with Gasteiger partial charge >= 0.3 is 0 Å². The first-order valence-corrected chi connectivity index (χ1v) is 9.34. The molecule has 4 rings (SSSR count). The lowest BCUT2D eigenvalue weighted by Crippen LogP contribution is -2.41. The number of nitrogens with one attached hydrogen (secondary N) is 1. The number of nitrogens with zero attached hydrogens (tertiary/aromatic N) is 1. The summed E-state index contributed by atoms with van der Waals surface area (Å²) >= 11 is 0. The topological polar surface area (TPSA) is 75.7 Å². The van der Waals surface area contributed by atoms with E-state index in [0.29, 0.717) is 19.4 Å². The molecule has 2 unspecified atom stereocenters. The molecule has 138 valence electrons. The highest BCUT2D eigenvalue weighted by Crippen LogP contribution is 2.42. The number of hydrogen-bond donors (Lipinski definition) is 1. The van der Waals surface area contributed by atoms with Gasteiger partial charge in [0.25, 0.3) is 0 Å². The molecule has 1 spiro atoms. The fraction of sp³-hybridized carbons (Fsp3) is 0.550. The summed E-state index contributed by atoms with van der Waals surface area (Å²) in [7, 11) is 0. The van der Waals surface area contributed by atoms with E-state index in [-0.39, 0.29) is 29.3 Å². The van der Waals surface area contributed by atoms with Gasteiger partial charge in [0, 0.05) is 30.6 Å². The van der Waals surface area contributed by atoms with Crippen LogP contribution in [0.25, 0.3) is 0 Å². The van der Waals surface area contributed by atoms with Gasteiger partial charge in [0.2, 0.25) is 11.8 Å². The molecule has 3 fully saturated rings. The number of carbonyl (C=O) groups excluding carboxylic acids is 3. The lowest BCUT2D eigenvalue weighted by molar-refractivity contribution is -0.134. The Balaban J connectivity index is 1.38. The molecule has 2 atom stereocenters. The van der Waals surface area contributed by atoms with Crippen LogP contribution in [0.2, 0.25) is 0 Å². The number of amides is 2. The molecule has 1 N–H and O–H groups in total. The standard InChI is InChI=1S/C20H24N2O4/c23-12-16-11-20(13-26-16)7-9-22(10-8-20)15-3-1-14(2-4-15)17-5-6-18(24)21-19(17)25/h1-4,12,16-17H,5-11,13H2,(H,21,24,25). The van der Waals surface area contributed by atoms with Crippen molar-refractivity contribution in [1.29, 1.82) is 0 Å². The van der Waals surface area contributed by atoms with Crippen LogP contribution in [-0.4, -0.2) is 43.9 Å². The van der Waals surface area contributed by atoms with Crippen molar-refractivity contribution >= 4 is 23.8 Å². The molecule has 3 saturated heterocycles. The largest absolute Gasteiger partial charge is 0.371 e. The van der Waals surface area contributed by atoms with E-state index in [1.54, 1.807) is 0 Å². The highest BCUT2D eigenvalue weighted by Gasteiger charge is 2.42. The number of aldehydes is 1. The molecule has 0 aromatic heterocycles. The summed E-state index contributed by atoms with van der Waals surface area (Å²) in [4.78, 5) is 36.6. The van der Waals surface area contributed by atoms with Crippen LogP contribution in [0, 0.1) is 5.41 Å². The van der Waals surface area contributed by atoms with Crippen molar-refractivity contribution in [2.45, 2.75) is 44.1 Å². The number of imide groups is 1. The van der Waals surface area contributed by atoms with Gasteiger partial charge in [-0.2, -0.15) is 0 Å². The van der Waals surface area contributed by atoms with Crippen molar-refractivity contribution in [2.75, 3.05) is 24.6 Å². The number of anilines is 1. The van der Waals surface area contributed by atoms with Crippen LogP contribution in [0.5, 0.6) is 0 Å². The van der Waals surface area contributed by atoms with Gasteiger partial charge in [0.15, 0.2) is 0 Å². The normalized spacial score (nSPS) is 28.2. The Morgan fingerprint density at radius 3 is 2.50 bits per heavy atom. The maximum absolute atomic E-state index is 12.0. The first kappa shape index (κ1) is 17.2. The number of piperidine rings is 2. The second kappa shape index (κ2) is 6.83. The van der Waals surface area contributed by atoms with E-state index in [0.717, 1.165) is 49.9 Å². The van der Waals surface area contributed by atoms with Crippen LogP contribution in [0.3, 0.4) is 0 Å².